The van der Waals surface area contributed by atoms with Crippen LogP contribution in [0.5, 0.6) is 0 Å². The Morgan fingerprint density at radius 3 is 2.44 bits per heavy atom. The predicted octanol–water partition coefficient (Wildman–Crippen LogP) is 5.84. The van der Waals surface area contributed by atoms with Crippen LogP contribution in [0.25, 0.3) is 0 Å². The fraction of sp³-hybridized carbons (Fsp3) is 0.276. The van der Waals surface area contributed by atoms with Crippen LogP contribution in [-0.2, 0) is 11.2 Å². The summed E-state index contributed by atoms with van der Waals surface area (Å²) in [7, 11) is 0. The number of nitriles is 1. The molecule has 0 saturated carbocycles. The zero-order valence-electron chi connectivity index (χ0n) is 22.6. The zero-order valence-corrected chi connectivity index (χ0v) is 23.4. The molecular weight excluding hydrogens is 558 g/mol. The molecule has 214 valence electrons. The molecule has 1 heterocycles. The summed E-state index contributed by atoms with van der Waals surface area (Å²) in [4.78, 5) is 31.6. The van der Waals surface area contributed by atoms with E-state index in [1.165, 1.54) is 36.9 Å². The Kier molecular flexibility index (Phi) is 9.45. The Bertz CT molecular complexity index is 1480. The largest absolute Gasteiger partial charge is 0.419 e. The van der Waals surface area contributed by atoms with Crippen LogP contribution in [0.4, 0.5) is 23.2 Å². The van der Waals surface area contributed by atoms with Crippen LogP contribution in [0.3, 0.4) is 0 Å². The van der Waals surface area contributed by atoms with Crippen molar-refractivity contribution in [1.82, 2.24) is 10.2 Å². The van der Waals surface area contributed by atoms with Gasteiger partial charge in [-0.3, -0.25) is 19.5 Å². The number of thiocarbonyl (C=S) groups is 1. The highest BCUT2D eigenvalue weighted by Gasteiger charge is 2.52. The molecule has 1 N–H and O–H groups in total. The van der Waals surface area contributed by atoms with E-state index in [0.717, 1.165) is 16.5 Å². The van der Waals surface area contributed by atoms with E-state index in [9.17, 15) is 22.8 Å². The number of carbonyl (C=O) groups excluding carboxylic acids is 2. The van der Waals surface area contributed by atoms with Crippen LogP contribution >= 0.6 is 12.2 Å². The lowest BCUT2D eigenvalue weighted by molar-refractivity contribution is -0.128. The normalized spacial score (nSPS) is 18.2. The molecule has 0 bridgehead atoms. The molecule has 1 fully saturated rings. The van der Waals surface area contributed by atoms with Gasteiger partial charge in [-0.2, -0.15) is 18.4 Å². The number of nitrogens with one attached hydrogen (secondary N) is 1. The van der Waals surface area contributed by atoms with E-state index in [0.29, 0.717) is 12.5 Å². The van der Waals surface area contributed by atoms with Crippen molar-refractivity contribution in [3.8, 4) is 6.07 Å². The van der Waals surface area contributed by atoms with Gasteiger partial charge in [-0.25, -0.2) is 4.39 Å². The summed E-state index contributed by atoms with van der Waals surface area (Å²) in [6, 6.07) is 14.5. The molecule has 0 aliphatic carbocycles. The van der Waals surface area contributed by atoms with E-state index in [1.54, 1.807) is 6.92 Å². The minimum atomic E-state index is -4.97. The molecule has 1 saturated heterocycles. The van der Waals surface area contributed by atoms with Gasteiger partial charge in [0.25, 0.3) is 11.8 Å². The van der Waals surface area contributed by atoms with Crippen molar-refractivity contribution in [2.75, 3.05) is 11.4 Å². The molecule has 0 aromatic heterocycles. The van der Waals surface area contributed by atoms with Gasteiger partial charge in [-0.1, -0.05) is 37.3 Å². The number of halogens is 4. The van der Waals surface area contributed by atoms with Gasteiger partial charge in [-0.05, 0) is 75.5 Å². The maximum absolute atomic E-state index is 15.2. The third-order valence-electron chi connectivity index (χ3n) is 6.76. The second-order valence-corrected chi connectivity index (χ2v) is 9.72. The topological polar surface area (TPSA) is 88.8 Å². The van der Waals surface area contributed by atoms with E-state index in [-0.39, 0.29) is 35.0 Å². The average Bonchev–Trinajstić information content (AvgIpc) is 3.13. The molecule has 1 aliphatic rings. The molecule has 0 radical (unpaired) electrons. The van der Waals surface area contributed by atoms with Gasteiger partial charge >= 0.3 is 6.18 Å². The second kappa shape index (κ2) is 12.4. The van der Waals surface area contributed by atoms with Crippen LogP contribution in [-0.4, -0.2) is 46.8 Å². The molecule has 7 nitrogen and oxygen atoms in total. The van der Waals surface area contributed by atoms with E-state index >= 15 is 4.39 Å². The SMILES string of the molecule is C=NC(C#N)=C(C=C(C)N1C(=O)C(C)(CC)N(c2ccc(C(=O)NCCc3ccccc3)c(F)c2)C1=S)C(F)(F)F. The molecule has 1 aliphatic heterocycles. The first kappa shape index (κ1) is 31.2. The lowest BCUT2D eigenvalue weighted by atomic mass is 9.96. The van der Waals surface area contributed by atoms with Crippen molar-refractivity contribution in [2.45, 2.75) is 45.3 Å². The van der Waals surface area contributed by atoms with E-state index in [2.05, 4.69) is 17.0 Å². The maximum Gasteiger partial charge on any atom is 0.419 e. The van der Waals surface area contributed by atoms with Gasteiger partial charge in [0.15, 0.2) is 10.8 Å². The van der Waals surface area contributed by atoms with E-state index in [4.69, 9.17) is 17.5 Å². The number of anilines is 1. The molecule has 2 amide bonds. The van der Waals surface area contributed by atoms with Crippen LogP contribution in [0.2, 0.25) is 0 Å². The number of allylic oxidation sites excluding steroid dienone is 4. The first-order valence-corrected chi connectivity index (χ1v) is 12.9. The summed E-state index contributed by atoms with van der Waals surface area (Å²) in [5.74, 6) is -2.13. The Hall–Kier alpha value is -4.37. The minimum absolute atomic E-state index is 0.137. The Labute approximate surface area is 240 Å². The molecule has 2 aromatic rings. The first-order chi connectivity index (χ1) is 19.3. The number of hydrogen-bond acceptors (Lipinski definition) is 5. The summed E-state index contributed by atoms with van der Waals surface area (Å²) in [6.45, 7) is 7.74. The van der Waals surface area contributed by atoms with Crippen LogP contribution in [0.15, 0.2) is 76.6 Å². The maximum atomic E-state index is 15.2. The van der Waals surface area contributed by atoms with Gasteiger partial charge in [0, 0.05) is 17.9 Å². The van der Waals surface area contributed by atoms with Crippen molar-refractivity contribution in [3.05, 3.63) is 88.5 Å². The summed E-state index contributed by atoms with van der Waals surface area (Å²) < 4.78 is 56.3. The summed E-state index contributed by atoms with van der Waals surface area (Å²) in [5, 5.41) is 11.6. The number of nitrogens with zero attached hydrogens (tertiary/aromatic N) is 4. The number of aliphatic imine (C=N–C) groups is 1. The summed E-state index contributed by atoms with van der Waals surface area (Å²) in [6.07, 6.45) is -3.65. The molecule has 2 aromatic carbocycles. The van der Waals surface area contributed by atoms with Crippen LogP contribution < -0.4 is 10.2 Å². The summed E-state index contributed by atoms with van der Waals surface area (Å²) >= 11 is 5.50. The van der Waals surface area contributed by atoms with Crippen LogP contribution in [0.1, 0.15) is 43.1 Å². The van der Waals surface area contributed by atoms with E-state index < -0.39 is 40.6 Å². The van der Waals surface area contributed by atoms with Gasteiger partial charge < -0.3 is 10.2 Å². The lowest BCUT2D eigenvalue weighted by Gasteiger charge is -2.32. The standard InChI is InChI=1S/C29H27F4N5O2S/c1-5-28(3)26(40)37(18(2)15-22(29(31,32)33)24(17-34)35-4)27(41)38(28)20-11-12-21(23(30)16-20)25(39)36-14-13-19-9-7-6-8-10-19/h6-12,15-16H,4-5,13-14H2,1-3H3,(H,36,39). The number of rotatable bonds is 9. The lowest BCUT2D eigenvalue weighted by Crippen LogP contribution is -2.46. The number of amides is 2. The number of hydrogen-bond donors (Lipinski definition) is 1. The fourth-order valence-corrected chi connectivity index (χ4v) is 4.91. The second-order valence-electron chi connectivity index (χ2n) is 9.36. The monoisotopic (exact) mass is 585 g/mol. The smallest absolute Gasteiger partial charge is 0.352 e. The highest BCUT2D eigenvalue weighted by molar-refractivity contribution is 7.80. The molecular formula is C29H27F4N5O2S. The molecule has 1 unspecified atom stereocenters. The van der Waals surface area contributed by atoms with Crippen LogP contribution in [0, 0.1) is 17.1 Å². The van der Waals surface area contributed by atoms with Gasteiger partial charge in [0.1, 0.15) is 17.4 Å². The molecule has 3 rings (SSSR count). The highest BCUT2D eigenvalue weighted by atomic mass is 32.1. The highest BCUT2D eigenvalue weighted by Crippen LogP contribution is 2.39. The fourth-order valence-electron chi connectivity index (χ4n) is 4.38. The molecule has 0 spiro atoms. The van der Waals surface area contributed by atoms with Gasteiger partial charge in [0.05, 0.1) is 11.1 Å². The van der Waals surface area contributed by atoms with E-state index in [1.807, 2.05) is 30.3 Å². The Morgan fingerprint density at radius 2 is 1.90 bits per heavy atom. The molecule has 1 atom stereocenters. The average molecular weight is 586 g/mol. The van der Waals surface area contributed by atoms with Crippen molar-refractivity contribution < 1.29 is 27.2 Å². The predicted molar refractivity (Wildman–Crippen MR) is 151 cm³/mol. The third-order valence-corrected chi connectivity index (χ3v) is 7.12. The number of carbonyl (C=O) groups is 2. The number of alkyl halides is 3. The molecule has 12 heteroatoms. The van der Waals surface area contributed by atoms with Gasteiger partial charge in [0.2, 0.25) is 0 Å². The molecule has 41 heavy (non-hydrogen) atoms. The first-order valence-electron chi connectivity index (χ1n) is 12.5. The van der Waals surface area contributed by atoms with Crippen molar-refractivity contribution in [1.29, 1.82) is 5.26 Å². The Morgan fingerprint density at radius 1 is 1.24 bits per heavy atom. The van der Waals surface area contributed by atoms with Crippen molar-refractivity contribution >= 4 is 41.5 Å². The Balaban J connectivity index is 1.92. The quantitative estimate of drug-likeness (QED) is 0.131. The summed E-state index contributed by atoms with van der Waals surface area (Å²) in [5.41, 5.74) is -3.04. The van der Waals surface area contributed by atoms with Gasteiger partial charge in [-0.15, -0.1) is 0 Å². The minimum Gasteiger partial charge on any atom is -0.352 e. The number of benzene rings is 2. The van der Waals surface area contributed by atoms with Crippen molar-refractivity contribution in [2.24, 2.45) is 4.99 Å². The third kappa shape index (κ3) is 6.36. The zero-order chi connectivity index (χ0) is 30.5. The van der Waals surface area contributed by atoms with Crippen molar-refractivity contribution in [3.63, 3.8) is 0 Å².